The molecule has 6 nitrogen and oxygen atoms in total. The Labute approximate surface area is 154 Å². The molecule has 0 bridgehead atoms. The first-order chi connectivity index (χ1) is 12.0. The molecule has 0 saturated heterocycles. The van der Waals surface area contributed by atoms with Crippen LogP contribution in [0.5, 0.6) is 0 Å². The molecule has 2 unspecified atom stereocenters. The van der Waals surface area contributed by atoms with Gasteiger partial charge in [-0.05, 0) is 24.1 Å². The van der Waals surface area contributed by atoms with Crippen LogP contribution in [-0.2, 0) is 11.3 Å². The number of ether oxygens (including phenoxy) is 1. The molecule has 0 saturated carbocycles. The molecule has 0 radical (unpaired) electrons. The molecule has 0 fully saturated rings. The van der Waals surface area contributed by atoms with E-state index in [9.17, 15) is 15.0 Å². The molecule has 2 aromatic carbocycles. The Bertz CT molecular complexity index is 697. The zero-order chi connectivity index (χ0) is 18.2. The highest BCUT2D eigenvalue weighted by Crippen LogP contribution is 2.27. The van der Waals surface area contributed by atoms with Crippen LogP contribution < -0.4 is 11.1 Å². The van der Waals surface area contributed by atoms with Crippen LogP contribution in [0.1, 0.15) is 23.7 Å². The van der Waals surface area contributed by atoms with Crippen molar-refractivity contribution in [3.63, 3.8) is 0 Å². The zero-order valence-corrected chi connectivity index (χ0v) is 15.1. The standard InChI is InChI=1S/C18H21BrN2O4/c19-13-6-7-14(15(20)10-13)17(23)16(22)8-9-21-18(24)25-11-12-4-2-1-3-5-12/h1-7,10,16-17,22-23H,8-9,11,20H2,(H,21,24). The van der Waals surface area contributed by atoms with E-state index >= 15 is 0 Å². The van der Waals surface area contributed by atoms with Gasteiger partial charge in [0.05, 0.1) is 6.10 Å². The van der Waals surface area contributed by atoms with Gasteiger partial charge in [-0.2, -0.15) is 0 Å². The third-order valence-electron chi connectivity index (χ3n) is 3.65. The molecule has 0 aromatic heterocycles. The fourth-order valence-corrected chi connectivity index (χ4v) is 2.66. The molecule has 25 heavy (non-hydrogen) atoms. The molecular formula is C18H21BrN2O4. The van der Waals surface area contributed by atoms with Gasteiger partial charge in [0.15, 0.2) is 0 Å². The molecule has 7 heteroatoms. The van der Waals surface area contributed by atoms with Crippen LogP contribution in [0.15, 0.2) is 53.0 Å². The number of nitrogens with two attached hydrogens (primary N) is 1. The first kappa shape index (κ1) is 19.2. The summed E-state index contributed by atoms with van der Waals surface area (Å²) in [4.78, 5) is 11.6. The third-order valence-corrected chi connectivity index (χ3v) is 4.15. The minimum atomic E-state index is -1.13. The van der Waals surface area contributed by atoms with Crippen LogP contribution in [0, 0.1) is 0 Å². The first-order valence-corrected chi connectivity index (χ1v) is 8.62. The number of nitrogen functional groups attached to an aromatic ring is 1. The van der Waals surface area contributed by atoms with E-state index in [1.807, 2.05) is 30.3 Å². The fraction of sp³-hybridized carbons (Fsp3) is 0.278. The molecule has 2 rings (SSSR count). The predicted molar refractivity (Wildman–Crippen MR) is 98.8 cm³/mol. The van der Waals surface area contributed by atoms with Crippen LogP contribution in [-0.4, -0.2) is 29.0 Å². The number of nitrogens with one attached hydrogen (secondary N) is 1. The lowest BCUT2D eigenvalue weighted by Crippen LogP contribution is -2.30. The molecule has 5 N–H and O–H groups in total. The summed E-state index contributed by atoms with van der Waals surface area (Å²) in [5.41, 5.74) is 7.56. The normalized spacial score (nSPS) is 13.1. The monoisotopic (exact) mass is 408 g/mol. The van der Waals surface area contributed by atoms with Gasteiger partial charge in [-0.3, -0.25) is 0 Å². The number of benzene rings is 2. The average molecular weight is 409 g/mol. The second kappa shape index (κ2) is 9.41. The zero-order valence-electron chi connectivity index (χ0n) is 13.6. The molecule has 0 spiro atoms. The largest absolute Gasteiger partial charge is 0.445 e. The molecule has 2 aromatic rings. The predicted octanol–water partition coefficient (Wildman–Crippen LogP) is 2.74. The Balaban J connectivity index is 1.74. The summed E-state index contributed by atoms with van der Waals surface area (Å²) in [7, 11) is 0. The number of hydrogen-bond acceptors (Lipinski definition) is 5. The number of carbonyl (C=O) groups is 1. The number of rotatable bonds is 7. The second-order valence-corrected chi connectivity index (χ2v) is 6.48. The van der Waals surface area contributed by atoms with E-state index in [1.54, 1.807) is 18.2 Å². The number of aliphatic hydroxyl groups is 2. The van der Waals surface area contributed by atoms with Gasteiger partial charge < -0.3 is 26.0 Å². The van der Waals surface area contributed by atoms with Gasteiger partial charge in [-0.15, -0.1) is 0 Å². The molecule has 0 aliphatic rings. The van der Waals surface area contributed by atoms with Crippen molar-refractivity contribution in [2.24, 2.45) is 0 Å². The maximum atomic E-state index is 11.6. The third kappa shape index (κ3) is 6.04. The lowest BCUT2D eigenvalue weighted by atomic mass is 10.0. The van der Waals surface area contributed by atoms with Crippen LogP contribution in [0.3, 0.4) is 0 Å². The number of aliphatic hydroxyl groups excluding tert-OH is 2. The van der Waals surface area contributed by atoms with Crippen molar-refractivity contribution in [1.29, 1.82) is 0 Å². The minimum absolute atomic E-state index is 0.164. The summed E-state index contributed by atoms with van der Waals surface area (Å²) in [6, 6.07) is 14.4. The van der Waals surface area contributed by atoms with Crippen molar-refractivity contribution in [2.45, 2.75) is 25.2 Å². The lowest BCUT2D eigenvalue weighted by Gasteiger charge is -2.20. The van der Waals surface area contributed by atoms with Crippen molar-refractivity contribution >= 4 is 27.7 Å². The quantitative estimate of drug-likeness (QED) is 0.527. The first-order valence-electron chi connectivity index (χ1n) is 7.83. The number of amides is 1. The van der Waals surface area contributed by atoms with Crippen molar-refractivity contribution in [2.75, 3.05) is 12.3 Å². The van der Waals surface area contributed by atoms with E-state index in [0.29, 0.717) is 11.3 Å². The second-order valence-electron chi connectivity index (χ2n) is 5.56. The van der Waals surface area contributed by atoms with E-state index in [1.165, 1.54) is 0 Å². The summed E-state index contributed by atoms with van der Waals surface area (Å²) in [6.45, 7) is 0.343. The van der Waals surface area contributed by atoms with Gasteiger partial charge in [0.1, 0.15) is 12.7 Å². The summed E-state index contributed by atoms with van der Waals surface area (Å²) in [5.74, 6) is 0. The highest BCUT2D eigenvalue weighted by Gasteiger charge is 2.20. The maximum Gasteiger partial charge on any atom is 0.407 e. The minimum Gasteiger partial charge on any atom is -0.445 e. The van der Waals surface area contributed by atoms with Gasteiger partial charge in [0.25, 0.3) is 0 Å². The van der Waals surface area contributed by atoms with Crippen LogP contribution in [0.2, 0.25) is 0 Å². The van der Waals surface area contributed by atoms with Gasteiger partial charge in [0, 0.05) is 22.3 Å². The molecule has 1 amide bonds. The van der Waals surface area contributed by atoms with Crippen molar-refractivity contribution in [3.8, 4) is 0 Å². The molecule has 2 atom stereocenters. The number of alkyl carbamates (subject to hydrolysis) is 1. The molecule has 0 heterocycles. The number of anilines is 1. The van der Waals surface area contributed by atoms with Crippen LogP contribution in [0.4, 0.5) is 10.5 Å². The smallest absolute Gasteiger partial charge is 0.407 e. The Morgan fingerprint density at radius 3 is 2.60 bits per heavy atom. The molecule has 0 aliphatic carbocycles. The summed E-state index contributed by atoms with van der Waals surface area (Å²) >= 11 is 3.29. The molecular weight excluding hydrogens is 388 g/mol. The Morgan fingerprint density at radius 2 is 1.92 bits per heavy atom. The Morgan fingerprint density at radius 1 is 1.20 bits per heavy atom. The SMILES string of the molecule is Nc1cc(Br)ccc1C(O)C(O)CCNC(=O)OCc1ccccc1. The van der Waals surface area contributed by atoms with Crippen LogP contribution in [0.25, 0.3) is 0 Å². The average Bonchev–Trinajstić information content (AvgIpc) is 2.60. The van der Waals surface area contributed by atoms with Crippen LogP contribution >= 0.6 is 15.9 Å². The number of hydrogen-bond donors (Lipinski definition) is 4. The Kier molecular flexibility index (Phi) is 7.24. The van der Waals surface area contributed by atoms with E-state index in [2.05, 4.69) is 21.2 Å². The van der Waals surface area contributed by atoms with E-state index in [0.717, 1.165) is 10.0 Å². The van der Waals surface area contributed by atoms with Gasteiger partial charge in [-0.25, -0.2) is 4.79 Å². The highest BCUT2D eigenvalue weighted by atomic mass is 79.9. The highest BCUT2D eigenvalue weighted by molar-refractivity contribution is 9.10. The van der Waals surface area contributed by atoms with E-state index < -0.39 is 18.3 Å². The van der Waals surface area contributed by atoms with E-state index in [4.69, 9.17) is 10.5 Å². The van der Waals surface area contributed by atoms with Crippen molar-refractivity contribution in [1.82, 2.24) is 5.32 Å². The lowest BCUT2D eigenvalue weighted by molar-refractivity contribution is 0.0140. The van der Waals surface area contributed by atoms with Crippen molar-refractivity contribution in [3.05, 3.63) is 64.1 Å². The topological polar surface area (TPSA) is 105 Å². The van der Waals surface area contributed by atoms with Gasteiger partial charge in [-0.1, -0.05) is 52.3 Å². The van der Waals surface area contributed by atoms with Gasteiger partial charge >= 0.3 is 6.09 Å². The molecule has 134 valence electrons. The number of carbonyl (C=O) groups excluding carboxylic acids is 1. The molecule has 0 aliphatic heterocycles. The Hall–Kier alpha value is -2.09. The fourth-order valence-electron chi connectivity index (χ4n) is 2.28. The summed E-state index contributed by atoms with van der Waals surface area (Å²) < 4.78 is 5.86. The van der Waals surface area contributed by atoms with Gasteiger partial charge in [0.2, 0.25) is 0 Å². The van der Waals surface area contributed by atoms with Crippen molar-refractivity contribution < 1.29 is 19.7 Å². The number of halogens is 1. The summed E-state index contributed by atoms with van der Waals surface area (Å²) in [6.07, 6.45) is -2.60. The maximum absolute atomic E-state index is 11.6. The summed E-state index contributed by atoms with van der Waals surface area (Å²) in [5, 5.41) is 22.8. The van der Waals surface area contributed by atoms with E-state index in [-0.39, 0.29) is 19.6 Å².